The minimum atomic E-state index is 0. The van der Waals surface area contributed by atoms with Crippen LogP contribution in [0.2, 0.25) is 0 Å². The van der Waals surface area contributed by atoms with E-state index >= 15 is 0 Å². The highest BCUT2D eigenvalue weighted by atomic mass is 35.5. The lowest BCUT2D eigenvalue weighted by atomic mass is 10.0. The molecule has 4 heteroatoms. The summed E-state index contributed by atoms with van der Waals surface area (Å²) in [5, 5.41) is 2.40. The molecular formula is C16H18ClN3. The van der Waals surface area contributed by atoms with Crippen molar-refractivity contribution in [3.05, 3.63) is 41.5 Å². The molecule has 104 valence electrons. The molecule has 3 nitrogen and oxygen atoms in total. The van der Waals surface area contributed by atoms with Gasteiger partial charge in [0, 0.05) is 34.3 Å². The maximum atomic E-state index is 6.01. The molecule has 0 aliphatic heterocycles. The zero-order valence-electron chi connectivity index (χ0n) is 11.9. The fourth-order valence-corrected chi connectivity index (χ4v) is 2.58. The molecule has 2 aromatic carbocycles. The molecule has 0 atom stereocenters. The molecule has 20 heavy (non-hydrogen) atoms. The topological polar surface area (TPSA) is 55.9 Å². The predicted octanol–water partition coefficient (Wildman–Crippen LogP) is -0.397. The second-order valence-electron chi connectivity index (χ2n) is 5.24. The van der Waals surface area contributed by atoms with Crippen LogP contribution in [-0.4, -0.2) is 0 Å². The zero-order valence-corrected chi connectivity index (χ0v) is 12.6. The van der Waals surface area contributed by atoms with Crippen molar-refractivity contribution in [2.24, 2.45) is 7.05 Å². The molecule has 3 aromatic rings. The van der Waals surface area contributed by atoms with Crippen LogP contribution in [0.1, 0.15) is 11.1 Å². The number of benzene rings is 2. The number of hydrogen-bond acceptors (Lipinski definition) is 2. The van der Waals surface area contributed by atoms with E-state index in [1.165, 1.54) is 10.8 Å². The van der Waals surface area contributed by atoms with E-state index in [1.54, 1.807) is 0 Å². The van der Waals surface area contributed by atoms with Gasteiger partial charge in [-0.15, -0.1) is 0 Å². The Hall–Kier alpha value is -2.00. The lowest BCUT2D eigenvalue weighted by molar-refractivity contribution is -0.617. The Morgan fingerprint density at radius 2 is 1.15 bits per heavy atom. The lowest BCUT2D eigenvalue weighted by Gasteiger charge is -2.07. The monoisotopic (exact) mass is 287 g/mol. The van der Waals surface area contributed by atoms with E-state index in [9.17, 15) is 0 Å². The van der Waals surface area contributed by atoms with Gasteiger partial charge < -0.3 is 23.9 Å². The molecule has 4 N–H and O–H groups in total. The Bertz CT molecular complexity index is 759. The fraction of sp³-hybridized carbons (Fsp3) is 0.188. The molecule has 0 aliphatic rings. The first-order chi connectivity index (χ1) is 8.97. The largest absolute Gasteiger partial charge is 1.00 e. The van der Waals surface area contributed by atoms with Crippen LogP contribution >= 0.6 is 0 Å². The lowest BCUT2D eigenvalue weighted by Crippen LogP contribution is -3.00. The van der Waals surface area contributed by atoms with Gasteiger partial charge >= 0.3 is 0 Å². The third kappa shape index (κ3) is 2.04. The van der Waals surface area contributed by atoms with E-state index in [1.807, 2.05) is 33.0 Å². The number of nitrogen functional groups attached to an aromatic ring is 2. The van der Waals surface area contributed by atoms with Gasteiger partial charge in [0.05, 0.1) is 0 Å². The number of fused-ring (bicyclic) bond motifs is 2. The average Bonchev–Trinajstić information content (AvgIpc) is 2.35. The van der Waals surface area contributed by atoms with E-state index in [4.69, 9.17) is 11.5 Å². The van der Waals surface area contributed by atoms with Gasteiger partial charge in [-0.2, -0.15) is 4.57 Å². The van der Waals surface area contributed by atoms with Crippen molar-refractivity contribution >= 4 is 33.2 Å². The van der Waals surface area contributed by atoms with E-state index in [0.717, 1.165) is 33.5 Å². The number of halogens is 1. The highest BCUT2D eigenvalue weighted by Crippen LogP contribution is 2.25. The van der Waals surface area contributed by atoms with Crippen molar-refractivity contribution in [2.45, 2.75) is 13.8 Å². The van der Waals surface area contributed by atoms with Gasteiger partial charge in [0.15, 0.2) is 0 Å². The van der Waals surface area contributed by atoms with Crippen LogP contribution in [0, 0.1) is 13.8 Å². The van der Waals surface area contributed by atoms with Crippen LogP contribution < -0.4 is 28.4 Å². The molecule has 0 aliphatic carbocycles. The standard InChI is InChI=1S/C16H17N3.ClH/c1-9-4-11-6-12-5-10(2)14(18)8-16(12)19(3)15(11)7-13(9)17;/h4-8H,1-3H3,(H3,17,18);1H. The number of hydrogen-bond donors (Lipinski definition) is 2. The van der Waals surface area contributed by atoms with Crippen LogP contribution in [0.4, 0.5) is 11.4 Å². The van der Waals surface area contributed by atoms with E-state index < -0.39 is 0 Å². The maximum absolute atomic E-state index is 6.01. The minimum absolute atomic E-state index is 0. The normalized spacial score (nSPS) is 10.8. The fourth-order valence-electron chi connectivity index (χ4n) is 2.58. The highest BCUT2D eigenvalue weighted by Gasteiger charge is 2.14. The number of rotatable bonds is 0. The second-order valence-corrected chi connectivity index (χ2v) is 5.24. The molecule has 3 rings (SSSR count). The summed E-state index contributed by atoms with van der Waals surface area (Å²) >= 11 is 0. The summed E-state index contributed by atoms with van der Waals surface area (Å²) in [5.41, 5.74) is 18.1. The molecule has 0 radical (unpaired) electrons. The Balaban J connectivity index is 0.00000147. The molecule has 0 unspecified atom stereocenters. The van der Waals surface area contributed by atoms with Crippen molar-refractivity contribution in [2.75, 3.05) is 11.5 Å². The molecule has 0 saturated carbocycles. The van der Waals surface area contributed by atoms with Crippen LogP contribution in [0.15, 0.2) is 30.3 Å². The van der Waals surface area contributed by atoms with Crippen molar-refractivity contribution in [1.82, 2.24) is 0 Å². The molecule has 0 fully saturated rings. The van der Waals surface area contributed by atoms with Gasteiger partial charge in [-0.25, -0.2) is 0 Å². The Labute approximate surface area is 124 Å². The summed E-state index contributed by atoms with van der Waals surface area (Å²) in [7, 11) is 2.05. The molecule has 1 aromatic heterocycles. The second kappa shape index (κ2) is 4.84. The SMILES string of the molecule is Cc1cc2cc3cc(C)c(N)cc3[n+](C)c2cc1N.[Cl-]. The number of aryl methyl sites for hydroxylation is 3. The van der Waals surface area contributed by atoms with E-state index in [2.05, 4.69) is 22.8 Å². The molecule has 0 bridgehead atoms. The van der Waals surface area contributed by atoms with Gasteiger partial charge in [0.1, 0.15) is 7.05 Å². The third-order valence-corrected chi connectivity index (χ3v) is 3.86. The van der Waals surface area contributed by atoms with Gasteiger partial charge in [-0.3, -0.25) is 0 Å². The van der Waals surface area contributed by atoms with Crippen LogP contribution in [0.25, 0.3) is 21.8 Å². The predicted molar refractivity (Wildman–Crippen MR) is 80.9 cm³/mol. The Kier molecular flexibility index (Phi) is 3.48. The Morgan fingerprint density at radius 1 is 0.750 bits per heavy atom. The van der Waals surface area contributed by atoms with Crippen molar-refractivity contribution in [3.8, 4) is 0 Å². The summed E-state index contributed by atoms with van der Waals surface area (Å²) in [6.07, 6.45) is 0. The smallest absolute Gasteiger partial charge is 0.214 e. The number of aromatic nitrogens is 1. The van der Waals surface area contributed by atoms with Gasteiger partial charge in [-0.1, -0.05) is 0 Å². The van der Waals surface area contributed by atoms with Crippen molar-refractivity contribution in [3.63, 3.8) is 0 Å². The summed E-state index contributed by atoms with van der Waals surface area (Å²) in [5.74, 6) is 0. The van der Waals surface area contributed by atoms with Crippen molar-refractivity contribution < 1.29 is 17.0 Å². The summed E-state index contributed by atoms with van der Waals surface area (Å²) in [4.78, 5) is 0. The summed E-state index contributed by atoms with van der Waals surface area (Å²) in [6, 6.07) is 10.5. The first-order valence-electron chi connectivity index (χ1n) is 6.36. The molecule has 0 saturated heterocycles. The van der Waals surface area contributed by atoms with E-state index in [0.29, 0.717) is 0 Å². The number of nitrogens with two attached hydrogens (primary N) is 2. The number of nitrogens with zero attached hydrogens (tertiary/aromatic N) is 1. The molecule has 1 heterocycles. The zero-order chi connectivity index (χ0) is 13.7. The number of pyridine rings is 1. The highest BCUT2D eigenvalue weighted by molar-refractivity contribution is 5.92. The molecule has 0 spiro atoms. The quantitative estimate of drug-likeness (QED) is 0.336. The maximum Gasteiger partial charge on any atom is 0.214 e. The summed E-state index contributed by atoms with van der Waals surface area (Å²) in [6.45, 7) is 4.07. The van der Waals surface area contributed by atoms with Crippen LogP contribution in [0.3, 0.4) is 0 Å². The van der Waals surface area contributed by atoms with Gasteiger partial charge in [-0.05, 0) is 43.2 Å². The van der Waals surface area contributed by atoms with Crippen LogP contribution in [-0.2, 0) is 7.05 Å². The van der Waals surface area contributed by atoms with Crippen LogP contribution in [0.5, 0.6) is 0 Å². The molecule has 0 amide bonds. The minimum Gasteiger partial charge on any atom is -1.00 e. The molecular weight excluding hydrogens is 270 g/mol. The first-order valence-corrected chi connectivity index (χ1v) is 6.36. The van der Waals surface area contributed by atoms with E-state index in [-0.39, 0.29) is 12.4 Å². The average molecular weight is 288 g/mol. The third-order valence-electron chi connectivity index (χ3n) is 3.86. The van der Waals surface area contributed by atoms with Gasteiger partial charge in [0.2, 0.25) is 11.0 Å². The van der Waals surface area contributed by atoms with Crippen molar-refractivity contribution in [1.29, 1.82) is 0 Å². The number of anilines is 2. The first kappa shape index (κ1) is 14.4. The van der Waals surface area contributed by atoms with Gasteiger partial charge in [0.25, 0.3) is 0 Å². The Morgan fingerprint density at radius 3 is 1.55 bits per heavy atom. The summed E-state index contributed by atoms with van der Waals surface area (Å²) < 4.78 is 2.15.